The topological polar surface area (TPSA) is 23.5 Å². The average molecular weight is 355 g/mol. The van der Waals surface area contributed by atoms with E-state index >= 15 is 0 Å². The van der Waals surface area contributed by atoms with Gasteiger partial charge in [0.25, 0.3) is 0 Å². The molecular weight excluding hydrogens is 327 g/mol. The van der Waals surface area contributed by atoms with Gasteiger partial charge in [-0.1, -0.05) is 43.9 Å². The molecule has 2 aliphatic rings. The van der Waals surface area contributed by atoms with Crippen molar-refractivity contribution < 1.29 is 18.3 Å². The first kappa shape index (κ1) is 18.7. The van der Waals surface area contributed by atoms with Gasteiger partial charge in [-0.05, 0) is 50.4 Å². The van der Waals surface area contributed by atoms with Crippen LogP contribution in [0.25, 0.3) is 0 Å². The predicted molar refractivity (Wildman–Crippen MR) is 92.5 cm³/mol. The van der Waals surface area contributed by atoms with Gasteiger partial charge in [0.15, 0.2) is 0 Å². The maximum Gasteiger partial charge on any atom is 0.416 e. The van der Waals surface area contributed by atoms with Crippen LogP contribution in [0.5, 0.6) is 0 Å². The first-order valence-corrected chi connectivity index (χ1v) is 9.50. The monoisotopic (exact) mass is 355 g/mol. The molecule has 25 heavy (non-hydrogen) atoms. The minimum Gasteiger partial charge on any atom is -0.389 e. The highest BCUT2D eigenvalue weighted by Crippen LogP contribution is 2.42. The van der Waals surface area contributed by atoms with E-state index in [0.717, 1.165) is 51.3 Å². The zero-order valence-electron chi connectivity index (χ0n) is 14.7. The molecule has 1 N–H and O–H groups in total. The van der Waals surface area contributed by atoms with E-state index < -0.39 is 17.3 Å². The Kier molecular flexibility index (Phi) is 5.74. The number of rotatable bonds is 4. The molecule has 5 heteroatoms. The van der Waals surface area contributed by atoms with Gasteiger partial charge in [0.1, 0.15) is 0 Å². The van der Waals surface area contributed by atoms with Gasteiger partial charge in [-0.3, -0.25) is 0 Å². The van der Waals surface area contributed by atoms with Crippen molar-refractivity contribution >= 4 is 0 Å². The highest BCUT2D eigenvalue weighted by atomic mass is 19.4. The Morgan fingerprint density at radius 3 is 2.28 bits per heavy atom. The van der Waals surface area contributed by atoms with Crippen LogP contribution in [0.2, 0.25) is 0 Å². The number of aliphatic hydroxyl groups is 1. The smallest absolute Gasteiger partial charge is 0.389 e. The SMILES string of the molecule is OC1(C(CN2CCCCC2)c2cccc(C(F)(F)F)c2)CCCCC1. The predicted octanol–water partition coefficient (Wildman–Crippen LogP) is 4.97. The number of likely N-dealkylation sites (tertiary alicyclic amines) is 1. The first-order chi connectivity index (χ1) is 11.9. The molecule has 1 aliphatic carbocycles. The molecule has 0 bridgehead atoms. The fraction of sp³-hybridized carbons (Fsp3) is 0.700. The second-order valence-corrected chi connectivity index (χ2v) is 7.70. The normalized spacial score (nSPS) is 23.4. The van der Waals surface area contributed by atoms with Crippen molar-refractivity contribution in [2.45, 2.75) is 69.1 Å². The van der Waals surface area contributed by atoms with E-state index in [1.807, 2.05) is 0 Å². The van der Waals surface area contributed by atoms with Crippen LogP contribution in [0.1, 0.15) is 68.4 Å². The van der Waals surface area contributed by atoms with Gasteiger partial charge in [-0.25, -0.2) is 0 Å². The molecule has 1 aromatic carbocycles. The molecule has 1 saturated heterocycles. The molecule has 1 saturated carbocycles. The van der Waals surface area contributed by atoms with Crippen LogP contribution >= 0.6 is 0 Å². The summed E-state index contributed by atoms with van der Waals surface area (Å²) in [4.78, 5) is 2.32. The van der Waals surface area contributed by atoms with E-state index in [9.17, 15) is 18.3 Å². The molecule has 1 aliphatic heterocycles. The Morgan fingerprint density at radius 1 is 1.00 bits per heavy atom. The summed E-state index contributed by atoms with van der Waals surface area (Å²) in [7, 11) is 0. The van der Waals surface area contributed by atoms with E-state index in [4.69, 9.17) is 0 Å². The van der Waals surface area contributed by atoms with E-state index in [1.165, 1.54) is 18.6 Å². The maximum atomic E-state index is 13.2. The summed E-state index contributed by atoms with van der Waals surface area (Å²) in [6.45, 7) is 2.61. The van der Waals surface area contributed by atoms with Gasteiger partial charge in [0.2, 0.25) is 0 Å². The summed E-state index contributed by atoms with van der Waals surface area (Å²) in [6.07, 6.45) is 3.50. The van der Waals surface area contributed by atoms with E-state index in [-0.39, 0.29) is 5.92 Å². The molecule has 140 valence electrons. The molecule has 0 spiro atoms. The van der Waals surface area contributed by atoms with Crippen molar-refractivity contribution in [1.82, 2.24) is 4.90 Å². The summed E-state index contributed by atoms with van der Waals surface area (Å²) in [6, 6.07) is 5.61. The van der Waals surface area contributed by atoms with Gasteiger partial charge >= 0.3 is 6.18 Å². The van der Waals surface area contributed by atoms with Gasteiger partial charge in [-0.2, -0.15) is 13.2 Å². The highest BCUT2D eigenvalue weighted by Gasteiger charge is 2.40. The fourth-order valence-electron chi connectivity index (χ4n) is 4.43. The lowest BCUT2D eigenvalue weighted by Crippen LogP contribution is -2.45. The second kappa shape index (κ2) is 7.67. The van der Waals surface area contributed by atoms with Crippen LogP contribution in [0.15, 0.2) is 24.3 Å². The highest BCUT2D eigenvalue weighted by molar-refractivity contribution is 5.31. The summed E-state index contributed by atoms with van der Waals surface area (Å²) in [5.41, 5.74) is -0.877. The Bertz CT molecular complexity index is 560. The number of piperidine rings is 1. The molecule has 0 amide bonds. The zero-order chi connectivity index (χ0) is 17.9. The summed E-state index contributed by atoms with van der Waals surface area (Å²) in [5.74, 6) is -0.256. The van der Waals surface area contributed by atoms with Crippen molar-refractivity contribution in [2.75, 3.05) is 19.6 Å². The largest absolute Gasteiger partial charge is 0.416 e. The van der Waals surface area contributed by atoms with Gasteiger partial charge < -0.3 is 10.0 Å². The first-order valence-electron chi connectivity index (χ1n) is 9.50. The van der Waals surface area contributed by atoms with E-state index in [0.29, 0.717) is 24.9 Å². The quantitative estimate of drug-likeness (QED) is 0.824. The third kappa shape index (κ3) is 4.56. The maximum absolute atomic E-state index is 13.2. The van der Waals surface area contributed by atoms with Crippen molar-refractivity contribution in [3.05, 3.63) is 35.4 Å². The number of alkyl halides is 3. The average Bonchev–Trinajstić information content (AvgIpc) is 2.60. The summed E-state index contributed by atoms with van der Waals surface area (Å²) < 4.78 is 39.5. The zero-order valence-corrected chi connectivity index (χ0v) is 14.7. The van der Waals surface area contributed by atoms with E-state index in [1.54, 1.807) is 6.07 Å². The lowest BCUT2D eigenvalue weighted by atomic mass is 9.72. The Morgan fingerprint density at radius 2 is 1.64 bits per heavy atom. The van der Waals surface area contributed by atoms with E-state index in [2.05, 4.69) is 4.90 Å². The summed E-state index contributed by atoms with van der Waals surface area (Å²) in [5, 5.41) is 11.3. The number of nitrogens with zero attached hydrogens (tertiary/aromatic N) is 1. The molecule has 2 fully saturated rings. The number of halogens is 3. The van der Waals surface area contributed by atoms with Crippen molar-refractivity contribution in [1.29, 1.82) is 0 Å². The van der Waals surface area contributed by atoms with Crippen molar-refractivity contribution in [2.24, 2.45) is 0 Å². The number of hydrogen-bond donors (Lipinski definition) is 1. The van der Waals surface area contributed by atoms with Crippen molar-refractivity contribution in [3.8, 4) is 0 Å². The molecule has 0 aromatic heterocycles. The van der Waals surface area contributed by atoms with Crippen LogP contribution in [0.4, 0.5) is 13.2 Å². The Hall–Kier alpha value is -1.07. The van der Waals surface area contributed by atoms with Gasteiger partial charge in [-0.15, -0.1) is 0 Å². The van der Waals surface area contributed by atoms with Crippen LogP contribution in [0, 0.1) is 0 Å². The third-order valence-electron chi connectivity index (χ3n) is 5.87. The van der Waals surface area contributed by atoms with Gasteiger partial charge in [0.05, 0.1) is 11.2 Å². The molecular formula is C20H28F3NO. The lowest BCUT2D eigenvalue weighted by Gasteiger charge is -2.42. The number of hydrogen-bond acceptors (Lipinski definition) is 2. The number of benzene rings is 1. The fourth-order valence-corrected chi connectivity index (χ4v) is 4.43. The Balaban J connectivity index is 1.89. The molecule has 1 atom stereocenters. The summed E-state index contributed by atoms with van der Waals surface area (Å²) >= 11 is 0. The molecule has 1 aromatic rings. The van der Waals surface area contributed by atoms with Crippen LogP contribution < -0.4 is 0 Å². The lowest BCUT2D eigenvalue weighted by molar-refractivity contribution is -0.137. The minimum absolute atomic E-state index is 0.256. The Labute approximate surface area is 148 Å². The standard InChI is InChI=1S/C20H28F3NO/c21-20(22,23)17-9-7-8-16(14-17)18(15-24-12-5-2-6-13-24)19(25)10-3-1-4-11-19/h7-9,14,18,25H,1-6,10-13,15H2. The van der Waals surface area contributed by atoms with Crippen LogP contribution in [-0.4, -0.2) is 35.2 Å². The second-order valence-electron chi connectivity index (χ2n) is 7.70. The minimum atomic E-state index is -4.35. The molecule has 1 unspecified atom stereocenters. The van der Waals surface area contributed by atoms with Crippen LogP contribution in [-0.2, 0) is 6.18 Å². The molecule has 3 rings (SSSR count). The molecule has 2 nitrogen and oxygen atoms in total. The van der Waals surface area contributed by atoms with Crippen LogP contribution in [0.3, 0.4) is 0 Å². The van der Waals surface area contributed by atoms with Gasteiger partial charge in [0, 0.05) is 12.5 Å². The van der Waals surface area contributed by atoms with Crippen molar-refractivity contribution in [3.63, 3.8) is 0 Å². The third-order valence-corrected chi connectivity index (χ3v) is 5.87. The molecule has 1 heterocycles. The molecule has 0 radical (unpaired) electrons.